The lowest BCUT2D eigenvalue weighted by Gasteiger charge is -2.27. The Bertz CT molecular complexity index is 1520. The van der Waals surface area contributed by atoms with Crippen molar-refractivity contribution < 1.29 is 43.8 Å². The highest BCUT2D eigenvalue weighted by molar-refractivity contribution is 5.96. The summed E-state index contributed by atoms with van der Waals surface area (Å²) in [5.74, 6) is -5.65. The van der Waals surface area contributed by atoms with Gasteiger partial charge in [0.05, 0.1) is 19.0 Å². The van der Waals surface area contributed by atoms with E-state index in [0.29, 0.717) is 50.9 Å². The summed E-state index contributed by atoms with van der Waals surface area (Å²) in [5.41, 5.74) is 28.2. The zero-order valence-electron chi connectivity index (χ0n) is 33.0. The molecule has 0 spiro atoms. The molecule has 1 aliphatic heterocycles. The van der Waals surface area contributed by atoms with Crippen LogP contribution in [0.1, 0.15) is 76.8 Å². The molecular weight excluding hydrogens is 760 g/mol. The Kier molecular flexibility index (Phi) is 21.7. The number of aromatic nitrogens is 2. The van der Waals surface area contributed by atoms with Gasteiger partial charge in [-0.1, -0.05) is 0 Å². The van der Waals surface area contributed by atoms with Crippen LogP contribution in [0.2, 0.25) is 0 Å². The van der Waals surface area contributed by atoms with Crippen molar-refractivity contribution in [3.63, 3.8) is 0 Å². The van der Waals surface area contributed by atoms with Gasteiger partial charge in [-0.2, -0.15) is 0 Å². The number of aliphatic hydroxyl groups is 1. The Morgan fingerprint density at radius 3 is 2.02 bits per heavy atom. The number of H-pyrrole nitrogens is 1. The number of nitrogens with one attached hydrogen (secondary N) is 6. The van der Waals surface area contributed by atoms with E-state index in [1.165, 1.54) is 24.3 Å². The number of nitrogens with two attached hydrogens (primary N) is 5. The predicted molar refractivity (Wildman–Crippen MR) is 211 cm³/mol. The highest BCUT2D eigenvalue weighted by Crippen LogP contribution is 2.18. The highest BCUT2D eigenvalue weighted by Gasteiger charge is 2.37. The minimum atomic E-state index is -1.31. The molecule has 0 radical (unpaired) electrons. The van der Waals surface area contributed by atoms with Gasteiger partial charge < -0.3 is 75.3 Å². The van der Waals surface area contributed by atoms with Crippen LogP contribution in [0.15, 0.2) is 17.5 Å². The van der Waals surface area contributed by atoms with Crippen molar-refractivity contribution in [2.45, 2.75) is 120 Å². The number of carbonyl (C=O) groups is 7. The van der Waals surface area contributed by atoms with E-state index in [-0.39, 0.29) is 57.6 Å². The second-order valence-electron chi connectivity index (χ2n) is 14.1. The normalized spacial score (nSPS) is 16.8. The molecule has 0 unspecified atom stereocenters. The predicted octanol–water partition coefficient (Wildman–Crippen LogP) is -4.90. The van der Waals surface area contributed by atoms with Gasteiger partial charge in [0, 0.05) is 31.4 Å². The number of nitrogens with zero attached hydrogens (tertiary/aromatic N) is 3. The van der Waals surface area contributed by atoms with Gasteiger partial charge in [0.2, 0.25) is 35.4 Å². The van der Waals surface area contributed by atoms with Crippen molar-refractivity contribution in [3.05, 3.63) is 18.2 Å². The van der Waals surface area contributed by atoms with Gasteiger partial charge >= 0.3 is 5.97 Å². The summed E-state index contributed by atoms with van der Waals surface area (Å²) in [7, 11) is 0. The number of carboxylic acid groups (broad SMARTS) is 1. The SMILES string of the molecule is C[C@@H](O)[C@H](N)C(=O)N[C@@H](CCCCN)C(=O)N[C@@H](Cc1cnc[nH]1)C(=O)NCC(=O)N1CCC[C@H]1C(=O)N[C@@H](CCCN=C(N)N)C(=O)N[C@@H](CCCCN)C(=O)O. The quantitative estimate of drug-likeness (QED) is 0.0225. The molecule has 2 rings (SSSR count). The first-order chi connectivity index (χ1) is 27.6. The Labute approximate surface area is 336 Å². The van der Waals surface area contributed by atoms with Crippen molar-refractivity contribution in [1.82, 2.24) is 41.5 Å². The average Bonchev–Trinajstić information content (AvgIpc) is 3.89. The Hall–Kier alpha value is -5.39. The maximum atomic E-state index is 13.6. The van der Waals surface area contributed by atoms with Gasteiger partial charge in [0.15, 0.2) is 5.96 Å². The van der Waals surface area contributed by atoms with E-state index in [1.807, 2.05) is 0 Å². The van der Waals surface area contributed by atoms with Crippen LogP contribution in [-0.4, -0.2) is 148 Å². The van der Waals surface area contributed by atoms with Gasteiger partial charge in [-0.3, -0.25) is 33.8 Å². The Morgan fingerprint density at radius 1 is 0.862 bits per heavy atom. The van der Waals surface area contributed by atoms with Crippen LogP contribution >= 0.6 is 0 Å². The summed E-state index contributed by atoms with van der Waals surface area (Å²) >= 11 is 0. The third kappa shape index (κ3) is 17.0. The maximum Gasteiger partial charge on any atom is 0.326 e. The molecule has 1 aliphatic rings. The lowest BCUT2D eigenvalue weighted by atomic mass is 10.1. The summed E-state index contributed by atoms with van der Waals surface area (Å²) in [6.07, 6.45) is 4.86. The lowest BCUT2D eigenvalue weighted by Crippen LogP contribution is -2.58. The molecule has 18 N–H and O–H groups in total. The molecule has 6 amide bonds. The number of amides is 6. The Balaban J connectivity index is 2.17. The van der Waals surface area contributed by atoms with Gasteiger partial charge in [-0.05, 0) is 84.2 Å². The van der Waals surface area contributed by atoms with E-state index < -0.39 is 90.3 Å². The molecule has 1 aromatic heterocycles. The van der Waals surface area contributed by atoms with Gasteiger partial charge in [-0.25, -0.2) is 9.78 Å². The maximum absolute atomic E-state index is 13.6. The van der Waals surface area contributed by atoms with Gasteiger partial charge in [0.1, 0.15) is 36.3 Å². The standard InChI is InChI=1S/C35H62N14O9/c1-20(50)28(38)33(56)46-22(8-2-4-12-36)31(54)48-25(16-21-17-41-19-44-21)29(52)43-18-27(51)49-15-7-11-26(49)32(55)45-23(10-6-14-42-35(39)40)30(53)47-24(34(57)58)9-3-5-13-37/h17,19-20,22-26,28,50H,2-16,18,36-38H2,1H3,(H,41,44)(H,43,52)(H,45,55)(H,46,56)(H,47,53)(H,48,54)(H,57,58)(H4,39,40,42)/t20-,22+,23+,24+,25+,26+,28+/m1/s1. The molecule has 2 heterocycles. The summed E-state index contributed by atoms with van der Waals surface area (Å²) in [5, 5.41) is 32.3. The van der Waals surface area contributed by atoms with Crippen LogP contribution in [0.4, 0.5) is 0 Å². The number of likely N-dealkylation sites (tertiary alicyclic amines) is 1. The van der Waals surface area contributed by atoms with Crippen LogP contribution in [0.25, 0.3) is 0 Å². The van der Waals surface area contributed by atoms with Crippen LogP contribution in [0.5, 0.6) is 0 Å². The lowest BCUT2D eigenvalue weighted by molar-refractivity contribution is -0.143. The van der Waals surface area contributed by atoms with E-state index in [0.717, 1.165) is 0 Å². The molecule has 23 nitrogen and oxygen atoms in total. The van der Waals surface area contributed by atoms with E-state index in [4.69, 9.17) is 28.7 Å². The van der Waals surface area contributed by atoms with Crippen LogP contribution in [-0.2, 0) is 40.0 Å². The number of unbranched alkanes of at least 4 members (excludes halogenated alkanes) is 2. The van der Waals surface area contributed by atoms with Crippen LogP contribution in [0, 0.1) is 0 Å². The van der Waals surface area contributed by atoms with Crippen LogP contribution < -0.4 is 55.3 Å². The fourth-order valence-corrected chi connectivity index (χ4v) is 6.13. The molecule has 7 atom stereocenters. The van der Waals surface area contributed by atoms with Crippen molar-refractivity contribution in [2.24, 2.45) is 33.7 Å². The molecule has 0 aromatic carbocycles. The summed E-state index contributed by atoms with van der Waals surface area (Å²) in [6.45, 7) is 1.78. The monoisotopic (exact) mass is 822 g/mol. The van der Waals surface area contributed by atoms with Crippen molar-refractivity contribution >= 4 is 47.4 Å². The zero-order valence-corrected chi connectivity index (χ0v) is 33.0. The van der Waals surface area contributed by atoms with E-state index in [1.54, 1.807) is 0 Å². The number of carboxylic acids is 1. The first-order valence-corrected chi connectivity index (χ1v) is 19.5. The molecule has 1 aromatic rings. The van der Waals surface area contributed by atoms with Crippen molar-refractivity contribution in [1.29, 1.82) is 0 Å². The largest absolute Gasteiger partial charge is 0.480 e. The first-order valence-electron chi connectivity index (χ1n) is 19.5. The van der Waals surface area contributed by atoms with Gasteiger partial charge in [0.25, 0.3) is 0 Å². The number of rotatable bonds is 27. The van der Waals surface area contributed by atoms with Gasteiger partial charge in [-0.15, -0.1) is 0 Å². The number of imidazole rings is 1. The number of guanidine groups is 1. The second-order valence-corrected chi connectivity index (χ2v) is 14.1. The fourth-order valence-electron chi connectivity index (χ4n) is 6.13. The van der Waals surface area contributed by atoms with Crippen molar-refractivity contribution in [2.75, 3.05) is 32.7 Å². The highest BCUT2D eigenvalue weighted by atomic mass is 16.4. The number of aliphatic hydroxyl groups excluding tert-OH is 1. The summed E-state index contributed by atoms with van der Waals surface area (Å²) < 4.78 is 0. The number of hydrogen-bond acceptors (Lipinski definition) is 13. The fraction of sp³-hybridized carbons (Fsp3) is 0.686. The third-order valence-electron chi connectivity index (χ3n) is 9.44. The molecule has 23 heteroatoms. The summed E-state index contributed by atoms with van der Waals surface area (Å²) in [6, 6.07) is -7.11. The second kappa shape index (κ2) is 25.8. The smallest absolute Gasteiger partial charge is 0.326 e. The number of aliphatic imine (C=N–C) groups is 1. The van der Waals surface area contributed by atoms with E-state index >= 15 is 0 Å². The molecule has 1 saturated heterocycles. The average molecular weight is 823 g/mol. The van der Waals surface area contributed by atoms with E-state index in [2.05, 4.69) is 41.5 Å². The molecule has 326 valence electrons. The number of carbonyl (C=O) groups excluding carboxylic acids is 6. The molecule has 1 fully saturated rings. The minimum Gasteiger partial charge on any atom is -0.480 e. The number of aromatic amines is 1. The molecule has 0 bridgehead atoms. The molecular formula is C35H62N14O9. The van der Waals surface area contributed by atoms with E-state index in [9.17, 15) is 43.8 Å². The van der Waals surface area contributed by atoms with Crippen molar-refractivity contribution in [3.8, 4) is 0 Å². The topological polar surface area (TPSA) is 394 Å². The number of aliphatic carboxylic acids is 1. The summed E-state index contributed by atoms with van der Waals surface area (Å²) in [4.78, 5) is 104. The molecule has 58 heavy (non-hydrogen) atoms. The number of hydrogen-bond donors (Lipinski definition) is 13. The zero-order chi connectivity index (χ0) is 43.2. The molecule has 0 aliphatic carbocycles. The molecule has 0 saturated carbocycles. The third-order valence-corrected chi connectivity index (χ3v) is 9.44. The minimum absolute atomic E-state index is 0.0502. The Morgan fingerprint density at radius 2 is 1.45 bits per heavy atom. The first kappa shape index (κ1) is 48.8. The van der Waals surface area contributed by atoms with Crippen LogP contribution in [0.3, 0.4) is 0 Å².